The second kappa shape index (κ2) is 15.4. The summed E-state index contributed by atoms with van der Waals surface area (Å²) < 4.78 is 11.5. The number of nitrogens with one attached hydrogen (secondary N) is 3. The Kier molecular flexibility index (Phi) is 11.1. The molecule has 0 bridgehead atoms. The van der Waals surface area contributed by atoms with Crippen LogP contribution in [0.4, 0.5) is 0 Å². The highest BCUT2D eigenvalue weighted by molar-refractivity contribution is 6.01. The van der Waals surface area contributed by atoms with E-state index in [1.165, 1.54) is 5.56 Å². The lowest BCUT2D eigenvalue weighted by Gasteiger charge is -2.29. The van der Waals surface area contributed by atoms with Crippen LogP contribution < -0.4 is 20.7 Å². The Balaban J connectivity index is 1.31. The number of hydrogen-bond donors (Lipinski definition) is 3. The molecule has 3 heterocycles. The summed E-state index contributed by atoms with van der Waals surface area (Å²) in [5, 5.41) is 8.78. The number of rotatable bonds is 7. The zero-order valence-corrected chi connectivity index (χ0v) is 26.3. The number of ether oxygens (including phenoxy) is 2. The van der Waals surface area contributed by atoms with Crippen LogP contribution in [-0.2, 0) is 32.2 Å². The summed E-state index contributed by atoms with van der Waals surface area (Å²) in [7, 11) is 0. The average molecular weight is 620 g/mol. The van der Waals surface area contributed by atoms with Crippen LogP contribution in [0.1, 0.15) is 61.0 Å². The van der Waals surface area contributed by atoms with E-state index in [0.717, 1.165) is 38.4 Å². The molecule has 5 rings (SSSR count). The third-order valence-corrected chi connectivity index (χ3v) is 8.55. The second-order valence-electron chi connectivity index (χ2n) is 12.5. The standard InChI is InChI=1S/C34H45N5O6/c1-23(2)18-26-22-45-30-8-4-3-6-27(30)32(41)37-28(19-31(40)39-13-5-7-29(39)34(43)36-26)33(42)35-20-24-9-11-25(12-10-24)21-38-14-16-44-17-15-38/h3-4,6,8-12,23,26,28-29H,5,7,13-22H2,1-2H3,(H,35,42)(H,36,43)(H,37,41)/t26-,28-,29+/m0/s1. The first kappa shape index (κ1) is 32.4. The highest BCUT2D eigenvalue weighted by atomic mass is 16.5. The lowest BCUT2D eigenvalue weighted by atomic mass is 10.0. The minimum absolute atomic E-state index is 0.171. The van der Waals surface area contributed by atoms with E-state index in [1.807, 2.05) is 24.3 Å². The Morgan fingerprint density at radius 1 is 0.978 bits per heavy atom. The van der Waals surface area contributed by atoms with Gasteiger partial charge >= 0.3 is 0 Å². The van der Waals surface area contributed by atoms with Crippen LogP contribution in [-0.4, -0.2) is 91.0 Å². The Morgan fingerprint density at radius 2 is 1.71 bits per heavy atom. The summed E-state index contributed by atoms with van der Waals surface area (Å²) in [6, 6.07) is 12.8. The van der Waals surface area contributed by atoms with Gasteiger partial charge in [-0.15, -0.1) is 0 Å². The van der Waals surface area contributed by atoms with E-state index >= 15 is 0 Å². The second-order valence-corrected chi connectivity index (χ2v) is 12.5. The molecular weight excluding hydrogens is 574 g/mol. The number of fused-ring (bicyclic) bond motifs is 2. The molecule has 2 aromatic rings. The molecule has 2 aromatic carbocycles. The van der Waals surface area contributed by atoms with E-state index in [4.69, 9.17) is 9.47 Å². The van der Waals surface area contributed by atoms with Gasteiger partial charge in [-0.05, 0) is 48.4 Å². The number of amides is 4. The molecule has 11 nitrogen and oxygen atoms in total. The summed E-state index contributed by atoms with van der Waals surface area (Å²) in [4.78, 5) is 57.9. The molecule has 3 atom stereocenters. The number of para-hydroxylation sites is 1. The van der Waals surface area contributed by atoms with Gasteiger partial charge < -0.3 is 30.3 Å². The van der Waals surface area contributed by atoms with E-state index in [9.17, 15) is 19.2 Å². The zero-order valence-electron chi connectivity index (χ0n) is 26.3. The maximum atomic E-state index is 13.6. The van der Waals surface area contributed by atoms with Crippen LogP contribution in [0.25, 0.3) is 0 Å². The maximum absolute atomic E-state index is 13.6. The topological polar surface area (TPSA) is 129 Å². The predicted molar refractivity (Wildman–Crippen MR) is 168 cm³/mol. The maximum Gasteiger partial charge on any atom is 0.255 e. The first-order chi connectivity index (χ1) is 21.8. The molecule has 45 heavy (non-hydrogen) atoms. The molecular formula is C34H45N5O6. The lowest BCUT2D eigenvalue weighted by Crippen LogP contribution is -2.53. The molecule has 11 heteroatoms. The minimum Gasteiger partial charge on any atom is -0.491 e. The molecule has 0 unspecified atom stereocenters. The van der Waals surface area contributed by atoms with Crippen molar-refractivity contribution in [2.45, 2.75) is 70.7 Å². The van der Waals surface area contributed by atoms with E-state index in [0.29, 0.717) is 37.5 Å². The first-order valence-corrected chi connectivity index (χ1v) is 16.0. The summed E-state index contributed by atoms with van der Waals surface area (Å²) in [6.07, 6.45) is 1.64. The third-order valence-electron chi connectivity index (χ3n) is 8.55. The van der Waals surface area contributed by atoms with Crippen LogP contribution in [0.3, 0.4) is 0 Å². The molecule has 2 fully saturated rings. The third kappa shape index (κ3) is 8.82. The van der Waals surface area contributed by atoms with Crippen molar-refractivity contribution in [3.05, 3.63) is 65.2 Å². The molecule has 0 radical (unpaired) electrons. The first-order valence-electron chi connectivity index (χ1n) is 16.0. The Bertz CT molecular complexity index is 1340. The van der Waals surface area contributed by atoms with Gasteiger partial charge in [0, 0.05) is 32.7 Å². The van der Waals surface area contributed by atoms with Crippen molar-refractivity contribution < 1.29 is 28.7 Å². The van der Waals surface area contributed by atoms with Gasteiger partial charge in [-0.1, -0.05) is 50.2 Å². The summed E-state index contributed by atoms with van der Waals surface area (Å²) in [6.45, 7) is 9.10. The number of nitrogens with zero attached hydrogens (tertiary/aromatic N) is 2. The largest absolute Gasteiger partial charge is 0.491 e. The van der Waals surface area contributed by atoms with Crippen LogP contribution in [0, 0.1) is 5.92 Å². The molecule has 0 saturated carbocycles. The number of carbonyl (C=O) groups is 4. The van der Waals surface area contributed by atoms with Crippen molar-refractivity contribution in [1.82, 2.24) is 25.8 Å². The molecule has 3 aliphatic heterocycles. The van der Waals surface area contributed by atoms with Crippen LogP contribution in [0.5, 0.6) is 5.75 Å². The molecule has 0 aliphatic carbocycles. The van der Waals surface area contributed by atoms with Crippen molar-refractivity contribution in [3.63, 3.8) is 0 Å². The van der Waals surface area contributed by atoms with Gasteiger partial charge in [0.05, 0.1) is 31.2 Å². The van der Waals surface area contributed by atoms with Gasteiger partial charge in [0.25, 0.3) is 5.91 Å². The predicted octanol–water partition coefficient (Wildman–Crippen LogP) is 2.24. The van der Waals surface area contributed by atoms with Gasteiger partial charge in [0.2, 0.25) is 17.7 Å². The van der Waals surface area contributed by atoms with Gasteiger partial charge in [0.1, 0.15) is 24.4 Å². The van der Waals surface area contributed by atoms with Crippen molar-refractivity contribution in [1.29, 1.82) is 0 Å². The normalized spacial score (nSPS) is 23.3. The van der Waals surface area contributed by atoms with E-state index < -0.39 is 23.9 Å². The number of morpholine rings is 1. The van der Waals surface area contributed by atoms with Gasteiger partial charge in [-0.2, -0.15) is 0 Å². The van der Waals surface area contributed by atoms with E-state index in [2.05, 4.69) is 34.7 Å². The molecule has 4 amide bonds. The molecule has 3 aliphatic rings. The Hall–Kier alpha value is -3.96. The van der Waals surface area contributed by atoms with E-state index in [-0.39, 0.29) is 43.0 Å². The van der Waals surface area contributed by atoms with Crippen LogP contribution in [0.2, 0.25) is 0 Å². The molecule has 242 valence electrons. The monoisotopic (exact) mass is 619 g/mol. The fourth-order valence-corrected chi connectivity index (χ4v) is 6.17. The van der Waals surface area contributed by atoms with Crippen molar-refractivity contribution in [2.24, 2.45) is 5.92 Å². The van der Waals surface area contributed by atoms with Crippen LogP contribution >= 0.6 is 0 Å². The Morgan fingerprint density at radius 3 is 2.47 bits per heavy atom. The van der Waals surface area contributed by atoms with E-state index in [1.54, 1.807) is 29.2 Å². The number of benzene rings is 2. The molecule has 0 aromatic heterocycles. The number of hydrogen-bond acceptors (Lipinski definition) is 7. The SMILES string of the molecule is CC(C)C[C@H]1COc2ccccc2C(=O)N[C@H](C(=O)NCc2ccc(CN3CCOCC3)cc2)CC(=O)N2CCC[C@@H]2C(=O)N1. The summed E-state index contributed by atoms with van der Waals surface area (Å²) >= 11 is 0. The fraction of sp³-hybridized carbons (Fsp3) is 0.529. The lowest BCUT2D eigenvalue weighted by molar-refractivity contribution is -0.140. The highest BCUT2D eigenvalue weighted by Crippen LogP contribution is 2.23. The van der Waals surface area contributed by atoms with Gasteiger partial charge in [-0.3, -0.25) is 24.1 Å². The number of carbonyl (C=O) groups excluding carboxylic acids is 4. The minimum atomic E-state index is -1.14. The molecule has 3 N–H and O–H groups in total. The summed E-state index contributed by atoms with van der Waals surface area (Å²) in [5.74, 6) is -0.905. The smallest absolute Gasteiger partial charge is 0.255 e. The van der Waals surface area contributed by atoms with Crippen LogP contribution in [0.15, 0.2) is 48.5 Å². The fourth-order valence-electron chi connectivity index (χ4n) is 6.17. The highest BCUT2D eigenvalue weighted by Gasteiger charge is 2.37. The molecule has 0 spiro atoms. The quantitative estimate of drug-likeness (QED) is 0.434. The van der Waals surface area contributed by atoms with Gasteiger partial charge in [-0.25, -0.2) is 0 Å². The van der Waals surface area contributed by atoms with Crippen molar-refractivity contribution >= 4 is 23.6 Å². The van der Waals surface area contributed by atoms with Gasteiger partial charge in [0.15, 0.2) is 0 Å². The Labute approximate surface area is 265 Å². The summed E-state index contributed by atoms with van der Waals surface area (Å²) in [5.41, 5.74) is 2.33. The molecule has 2 saturated heterocycles. The zero-order chi connectivity index (χ0) is 31.8. The average Bonchev–Trinajstić information content (AvgIpc) is 3.53. The van der Waals surface area contributed by atoms with Crippen molar-refractivity contribution in [2.75, 3.05) is 39.5 Å². The van der Waals surface area contributed by atoms with Crippen molar-refractivity contribution in [3.8, 4) is 5.75 Å².